The van der Waals surface area contributed by atoms with Gasteiger partial charge in [0.05, 0.1) is 16.6 Å². The third-order valence-corrected chi connectivity index (χ3v) is 9.02. The highest BCUT2D eigenvalue weighted by Crippen LogP contribution is 2.36. The Bertz CT molecular complexity index is 1260. The normalized spacial score (nSPS) is 15.8. The number of esters is 1. The first-order valence-electron chi connectivity index (χ1n) is 11.9. The largest absolute Gasteiger partial charge is 0.465 e. The number of aryl methyl sites for hydroxylation is 1. The molecular weight excluding hydrogens is 586 g/mol. The minimum absolute atomic E-state index is 0.0124. The van der Waals surface area contributed by atoms with E-state index in [9.17, 15) is 9.59 Å². The highest BCUT2D eigenvalue weighted by Gasteiger charge is 2.30. The van der Waals surface area contributed by atoms with Gasteiger partial charge in [-0.25, -0.2) is 19.4 Å². The molecule has 4 heterocycles. The molecule has 1 saturated carbocycles. The van der Waals surface area contributed by atoms with E-state index in [1.807, 2.05) is 11.6 Å². The van der Waals surface area contributed by atoms with Gasteiger partial charge in [-0.3, -0.25) is 4.79 Å². The molecule has 14 heteroatoms. The van der Waals surface area contributed by atoms with E-state index in [4.69, 9.17) is 26.4 Å². The molecule has 1 amide bonds. The lowest BCUT2D eigenvalue weighted by molar-refractivity contribution is 0.0606. The van der Waals surface area contributed by atoms with Gasteiger partial charge in [0.15, 0.2) is 11.0 Å². The molecular formula is C23H29BrClN7O4S. The zero-order valence-electron chi connectivity index (χ0n) is 20.8. The van der Waals surface area contributed by atoms with E-state index in [1.54, 1.807) is 0 Å². The molecule has 2 fully saturated rings. The number of halogens is 2. The zero-order chi connectivity index (χ0) is 26.7. The second-order valence-electron chi connectivity index (χ2n) is 8.86. The standard InChI is InChI=1S/C22H25BrClN7O3S.CH4O/c1-11-14(23)15(24)16(27-11)20(32)28-13-5-7-30(8-6-13)22-29-17(18(35-22)21(33)34-2)19-25-10-26-31(19)9-12-3-4-12;1-2/h10,12-13,27H,3-9H2,1-2H3,(H,28,32);2H,1H3. The SMILES string of the molecule is CO.COC(=O)c1sc(N2CCC(NC(=O)c3[nH]c(C)c(Br)c3Cl)CC2)nc1-c1ncnn1CC1CC1. The summed E-state index contributed by atoms with van der Waals surface area (Å²) in [6, 6.07) is 0.0124. The predicted octanol–water partition coefficient (Wildman–Crippen LogP) is 3.66. The van der Waals surface area contributed by atoms with Gasteiger partial charge in [0.1, 0.15) is 22.6 Å². The average molecular weight is 615 g/mol. The lowest BCUT2D eigenvalue weighted by atomic mass is 10.1. The minimum Gasteiger partial charge on any atom is -0.465 e. The Labute approximate surface area is 231 Å². The van der Waals surface area contributed by atoms with Gasteiger partial charge in [-0.2, -0.15) is 5.10 Å². The number of hydrogen-bond donors (Lipinski definition) is 3. The molecule has 200 valence electrons. The van der Waals surface area contributed by atoms with Crippen molar-refractivity contribution < 1.29 is 19.4 Å². The van der Waals surface area contributed by atoms with E-state index in [2.05, 4.69) is 41.2 Å². The molecule has 3 N–H and O–H groups in total. The fourth-order valence-corrected chi connectivity index (χ4v) is 5.76. The number of nitrogens with zero attached hydrogens (tertiary/aromatic N) is 5. The van der Waals surface area contributed by atoms with Crippen LogP contribution in [-0.4, -0.2) is 75.1 Å². The van der Waals surface area contributed by atoms with Crippen LogP contribution in [0.25, 0.3) is 11.5 Å². The molecule has 0 bridgehead atoms. The van der Waals surface area contributed by atoms with Crippen LogP contribution in [0.3, 0.4) is 0 Å². The van der Waals surface area contributed by atoms with E-state index in [-0.39, 0.29) is 11.9 Å². The lowest BCUT2D eigenvalue weighted by Crippen LogP contribution is -2.44. The van der Waals surface area contributed by atoms with Gasteiger partial charge in [0, 0.05) is 38.5 Å². The minimum atomic E-state index is -0.434. The van der Waals surface area contributed by atoms with Gasteiger partial charge in [-0.05, 0) is 54.5 Å². The van der Waals surface area contributed by atoms with Crippen LogP contribution < -0.4 is 10.2 Å². The maximum Gasteiger partial charge on any atom is 0.350 e. The molecule has 3 aromatic rings. The van der Waals surface area contributed by atoms with Crippen LogP contribution >= 0.6 is 38.9 Å². The summed E-state index contributed by atoms with van der Waals surface area (Å²) in [5.74, 6) is 0.541. The number of aromatic nitrogens is 5. The van der Waals surface area contributed by atoms with Crippen molar-refractivity contribution in [1.29, 1.82) is 0 Å². The Morgan fingerprint density at radius 1 is 1.30 bits per heavy atom. The second kappa shape index (κ2) is 11.9. The van der Waals surface area contributed by atoms with Crippen LogP contribution in [0.5, 0.6) is 0 Å². The zero-order valence-corrected chi connectivity index (χ0v) is 23.9. The molecule has 1 aliphatic carbocycles. The Balaban J connectivity index is 0.00000156. The number of anilines is 1. The molecule has 2 aliphatic rings. The third-order valence-electron chi connectivity index (χ3n) is 6.32. The van der Waals surface area contributed by atoms with Crippen molar-refractivity contribution in [2.75, 3.05) is 32.2 Å². The van der Waals surface area contributed by atoms with E-state index >= 15 is 0 Å². The Morgan fingerprint density at radius 2 is 2.00 bits per heavy atom. The molecule has 0 aromatic carbocycles. The maximum absolute atomic E-state index is 12.7. The van der Waals surface area contributed by atoms with Crippen LogP contribution in [0.2, 0.25) is 5.02 Å². The van der Waals surface area contributed by atoms with Crippen LogP contribution in [0.1, 0.15) is 51.5 Å². The Morgan fingerprint density at radius 3 is 2.59 bits per heavy atom. The molecule has 1 aliphatic heterocycles. The summed E-state index contributed by atoms with van der Waals surface area (Å²) in [7, 11) is 2.37. The number of thiazole rings is 1. The lowest BCUT2D eigenvalue weighted by Gasteiger charge is -2.32. The smallest absolute Gasteiger partial charge is 0.350 e. The Hall–Kier alpha value is -2.48. The first kappa shape index (κ1) is 27.6. The van der Waals surface area contributed by atoms with Crippen molar-refractivity contribution in [3.63, 3.8) is 0 Å². The fourth-order valence-electron chi connectivity index (χ4n) is 4.15. The van der Waals surface area contributed by atoms with Crippen LogP contribution in [0.4, 0.5) is 5.13 Å². The highest BCUT2D eigenvalue weighted by atomic mass is 79.9. The number of methoxy groups -OCH3 is 1. The predicted molar refractivity (Wildman–Crippen MR) is 144 cm³/mol. The highest BCUT2D eigenvalue weighted by molar-refractivity contribution is 9.10. The first-order chi connectivity index (χ1) is 17.9. The summed E-state index contributed by atoms with van der Waals surface area (Å²) in [6.07, 6.45) is 5.35. The van der Waals surface area contributed by atoms with Gasteiger partial charge < -0.3 is 25.0 Å². The molecule has 0 unspecified atom stereocenters. The number of H-pyrrole nitrogens is 1. The summed E-state index contributed by atoms with van der Waals surface area (Å²) in [5.41, 5.74) is 1.68. The fraction of sp³-hybridized carbons (Fsp3) is 0.522. The molecule has 0 radical (unpaired) electrons. The van der Waals surface area contributed by atoms with Gasteiger partial charge in [0.25, 0.3) is 5.91 Å². The average Bonchev–Trinajstić information content (AvgIpc) is 3.32. The van der Waals surface area contributed by atoms with Crippen LogP contribution in [-0.2, 0) is 11.3 Å². The Kier molecular flexibility index (Phi) is 8.88. The molecule has 0 atom stereocenters. The monoisotopic (exact) mass is 613 g/mol. The van der Waals surface area contributed by atoms with Gasteiger partial charge >= 0.3 is 5.97 Å². The number of nitrogens with one attached hydrogen (secondary N) is 2. The van der Waals surface area contributed by atoms with E-state index in [1.165, 1.54) is 37.6 Å². The summed E-state index contributed by atoms with van der Waals surface area (Å²) in [5, 5.41) is 15.5. The number of hydrogen-bond acceptors (Lipinski definition) is 9. The molecule has 11 nitrogen and oxygen atoms in total. The van der Waals surface area contributed by atoms with Gasteiger partial charge in [-0.1, -0.05) is 22.9 Å². The summed E-state index contributed by atoms with van der Waals surface area (Å²) in [4.78, 5) is 40.0. The van der Waals surface area contributed by atoms with Crippen molar-refractivity contribution in [2.24, 2.45) is 5.92 Å². The number of aliphatic hydroxyl groups is 1. The number of ether oxygens (including phenoxy) is 1. The van der Waals surface area contributed by atoms with E-state index in [0.717, 1.165) is 37.3 Å². The number of carbonyl (C=O) groups excluding carboxylic acids is 2. The van der Waals surface area contributed by atoms with Gasteiger partial charge in [0.2, 0.25) is 0 Å². The number of amides is 1. The first-order valence-corrected chi connectivity index (χ1v) is 13.9. The number of carbonyl (C=O) groups is 2. The molecule has 1 saturated heterocycles. The third kappa shape index (κ3) is 6.00. The summed E-state index contributed by atoms with van der Waals surface area (Å²) < 4.78 is 7.55. The van der Waals surface area contributed by atoms with Crippen molar-refractivity contribution >= 4 is 55.9 Å². The van der Waals surface area contributed by atoms with E-state index < -0.39 is 5.97 Å². The van der Waals surface area contributed by atoms with Crippen molar-refractivity contribution in [2.45, 2.75) is 45.2 Å². The van der Waals surface area contributed by atoms with Crippen LogP contribution in [0.15, 0.2) is 10.8 Å². The molecule has 5 rings (SSSR count). The quantitative estimate of drug-likeness (QED) is 0.343. The van der Waals surface area contributed by atoms with Crippen molar-refractivity contribution in [3.8, 4) is 11.5 Å². The summed E-state index contributed by atoms with van der Waals surface area (Å²) >= 11 is 11.0. The number of rotatable bonds is 7. The molecule has 37 heavy (non-hydrogen) atoms. The van der Waals surface area contributed by atoms with Crippen molar-refractivity contribution in [1.82, 2.24) is 30.0 Å². The number of piperidine rings is 1. The van der Waals surface area contributed by atoms with Crippen LogP contribution in [0, 0.1) is 12.8 Å². The van der Waals surface area contributed by atoms with E-state index in [0.29, 0.717) is 50.6 Å². The molecule has 0 spiro atoms. The van der Waals surface area contributed by atoms with Crippen molar-refractivity contribution in [3.05, 3.63) is 32.1 Å². The number of aliphatic hydroxyl groups excluding tert-OH is 1. The maximum atomic E-state index is 12.7. The second-order valence-corrected chi connectivity index (χ2v) is 11.0. The molecule has 3 aromatic heterocycles. The topological polar surface area (TPSA) is 138 Å². The number of aromatic amines is 1. The van der Waals surface area contributed by atoms with Gasteiger partial charge in [-0.15, -0.1) is 0 Å². The summed E-state index contributed by atoms with van der Waals surface area (Å²) in [6.45, 7) is 4.00.